The van der Waals surface area contributed by atoms with Gasteiger partial charge in [0.25, 0.3) is 5.91 Å². The van der Waals surface area contributed by atoms with Crippen LogP contribution in [0.15, 0.2) is 30.3 Å². The number of rotatable bonds is 3. The largest absolute Gasteiger partial charge is 0.333 e. The maximum atomic E-state index is 12.7. The maximum Gasteiger partial charge on any atom is 0.272 e. The molecule has 0 saturated carbocycles. The zero-order valence-electron chi connectivity index (χ0n) is 12.3. The SMILES string of the molecule is NCC1CCCCN1C(=O)c1cc(-c2ccccc2Cl)n[nH]1. The van der Waals surface area contributed by atoms with Crippen LogP contribution in [0.1, 0.15) is 29.8 Å². The number of nitrogens with two attached hydrogens (primary N) is 1. The molecule has 0 bridgehead atoms. The van der Waals surface area contributed by atoms with Crippen LogP contribution in [0.25, 0.3) is 11.3 Å². The topological polar surface area (TPSA) is 75.0 Å². The van der Waals surface area contributed by atoms with E-state index in [4.69, 9.17) is 17.3 Å². The van der Waals surface area contributed by atoms with Crippen LogP contribution in [-0.4, -0.2) is 40.1 Å². The summed E-state index contributed by atoms with van der Waals surface area (Å²) in [7, 11) is 0. The number of likely N-dealkylation sites (tertiary alicyclic amines) is 1. The summed E-state index contributed by atoms with van der Waals surface area (Å²) >= 11 is 6.18. The molecule has 2 heterocycles. The van der Waals surface area contributed by atoms with E-state index in [9.17, 15) is 4.79 Å². The lowest BCUT2D eigenvalue weighted by Crippen LogP contribution is -2.47. The molecule has 1 fully saturated rings. The molecular formula is C16H19ClN4O. The molecule has 1 aromatic carbocycles. The van der Waals surface area contributed by atoms with Crippen molar-refractivity contribution in [2.75, 3.05) is 13.1 Å². The molecule has 1 unspecified atom stereocenters. The van der Waals surface area contributed by atoms with Gasteiger partial charge in [-0.2, -0.15) is 5.10 Å². The van der Waals surface area contributed by atoms with E-state index in [0.29, 0.717) is 23.0 Å². The number of halogens is 1. The van der Waals surface area contributed by atoms with Crippen molar-refractivity contribution in [3.63, 3.8) is 0 Å². The first-order valence-electron chi connectivity index (χ1n) is 7.52. The van der Waals surface area contributed by atoms with E-state index >= 15 is 0 Å². The first kappa shape index (κ1) is 15.1. The third-order valence-corrected chi connectivity index (χ3v) is 4.45. The highest BCUT2D eigenvalue weighted by molar-refractivity contribution is 6.33. The van der Waals surface area contributed by atoms with E-state index in [1.54, 1.807) is 6.07 Å². The van der Waals surface area contributed by atoms with E-state index < -0.39 is 0 Å². The molecule has 22 heavy (non-hydrogen) atoms. The van der Waals surface area contributed by atoms with Crippen molar-refractivity contribution >= 4 is 17.5 Å². The van der Waals surface area contributed by atoms with Crippen LogP contribution in [0.2, 0.25) is 5.02 Å². The zero-order valence-corrected chi connectivity index (χ0v) is 13.0. The molecule has 0 spiro atoms. The fraction of sp³-hybridized carbons (Fsp3) is 0.375. The molecule has 1 saturated heterocycles. The van der Waals surface area contributed by atoms with Crippen LogP contribution in [0, 0.1) is 0 Å². The summed E-state index contributed by atoms with van der Waals surface area (Å²) in [5.41, 5.74) is 7.76. The number of aromatic amines is 1. The minimum atomic E-state index is -0.0408. The van der Waals surface area contributed by atoms with Crippen molar-refractivity contribution < 1.29 is 4.79 Å². The van der Waals surface area contributed by atoms with Gasteiger partial charge in [-0.25, -0.2) is 0 Å². The van der Waals surface area contributed by atoms with Crippen molar-refractivity contribution in [3.05, 3.63) is 41.0 Å². The summed E-state index contributed by atoms with van der Waals surface area (Å²) in [6.07, 6.45) is 3.11. The first-order chi connectivity index (χ1) is 10.7. The number of carbonyl (C=O) groups is 1. The third kappa shape index (κ3) is 2.87. The van der Waals surface area contributed by atoms with Gasteiger partial charge in [-0.1, -0.05) is 29.8 Å². The highest BCUT2D eigenvalue weighted by Gasteiger charge is 2.27. The van der Waals surface area contributed by atoms with E-state index in [0.717, 1.165) is 31.4 Å². The Morgan fingerprint density at radius 1 is 1.41 bits per heavy atom. The number of hydrogen-bond acceptors (Lipinski definition) is 3. The second kappa shape index (κ2) is 6.50. The molecule has 2 aromatic rings. The minimum absolute atomic E-state index is 0.0408. The Bertz CT molecular complexity index is 670. The number of nitrogens with zero attached hydrogens (tertiary/aromatic N) is 2. The standard InChI is InChI=1S/C16H19ClN4O/c17-13-7-2-1-6-12(13)14-9-15(20-19-14)16(22)21-8-4-3-5-11(21)10-18/h1-2,6-7,9,11H,3-5,8,10,18H2,(H,19,20). The van der Waals surface area contributed by atoms with Gasteiger partial charge in [0.15, 0.2) is 0 Å². The Balaban J connectivity index is 1.84. The summed E-state index contributed by atoms with van der Waals surface area (Å²) in [5.74, 6) is -0.0408. The smallest absolute Gasteiger partial charge is 0.272 e. The number of H-pyrrole nitrogens is 1. The Hall–Kier alpha value is -1.85. The van der Waals surface area contributed by atoms with E-state index in [1.165, 1.54) is 0 Å². The molecule has 3 N–H and O–H groups in total. The molecule has 116 valence electrons. The zero-order chi connectivity index (χ0) is 15.5. The first-order valence-corrected chi connectivity index (χ1v) is 7.90. The van der Waals surface area contributed by atoms with Crippen molar-refractivity contribution in [3.8, 4) is 11.3 Å². The lowest BCUT2D eigenvalue weighted by Gasteiger charge is -2.34. The fourth-order valence-corrected chi connectivity index (χ4v) is 3.14. The maximum absolute atomic E-state index is 12.7. The molecule has 1 aromatic heterocycles. The van der Waals surface area contributed by atoms with Crippen LogP contribution in [0.5, 0.6) is 0 Å². The van der Waals surface area contributed by atoms with Gasteiger partial charge in [-0.15, -0.1) is 0 Å². The highest BCUT2D eigenvalue weighted by Crippen LogP contribution is 2.27. The molecule has 1 amide bonds. The molecule has 5 nitrogen and oxygen atoms in total. The van der Waals surface area contributed by atoms with Crippen LogP contribution in [-0.2, 0) is 0 Å². The Morgan fingerprint density at radius 2 is 2.23 bits per heavy atom. The second-order valence-electron chi connectivity index (χ2n) is 5.53. The molecular weight excluding hydrogens is 300 g/mol. The van der Waals surface area contributed by atoms with Gasteiger partial charge < -0.3 is 10.6 Å². The fourth-order valence-electron chi connectivity index (χ4n) is 2.91. The Labute approximate surface area is 134 Å². The van der Waals surface area contributed by atoms with Crippen LogP contribution >= 0.6 is 11.6 Å². The molecule has 1 atom stereocenters. The van der Waals surface area contributed by atoms with Gasteiger partial charge in [0.1, 0.15) is 5.69 Å². The number of benzene rings is 1. The number of aromatic nitrogens is 2. The molecule has 3 rings (SSSR count). The second-order valence-corrected chi connectivity index (χ2v) is 5.94. The van der Waals surface area contributed by atoms with Crippen molar-refractivity contribution in [2.24, 2.45) is 5.73 Å². The quantitative estimate of drug-likeness (QED) is 0.913. The average Bonchev–Trinajstić information content (AvgIpc) is 3.04. The van der Waals surface area contributed by atoms with Gasteiger partial charge in [0.05, 0.1) is 10.7 Å². The third-order valence-electron chi connectivity index (χ3n) is 4.12. The van der Waals surface area contributed by atoms with E-state index in [2.05, 4.69) is 10.2 Å². The number of piperidine rings is 1. The van der Waals surface area contributed by atoms with Gasteiger partial charge in [-0.05, 0) is 31.4 Å². The molecule has 0 aliphatic carbocycles. The van der Waals surface area contributed by atoms with Crippen molar-refractivity contribution in [1.29, 1.82) is 0 Å². The van der Waals surface area contributed by atoms with Crippen LogP contribution in [0.3, 0.4) is 0 Å². The number of amides is 1. The lowest BCUT2D eigenvalue weighted by molar-refractivity contribution is 0.0617. The minimum Gasteiger partial charge on any atom is -0.333 e. The van der Waals surface area contributed by atoms with E-state index in [1.807, 2.05) is 29.2 Å². The highest BCUT2D eigenvalue weighted by atomic mass is 35.5. The van der Waals surface area contributed by atoms with Gasteiger partial charge in [0.2, 0.25) is 0 Å². The average molecular weight is 319 g/mol. The number of nitrogens with one attached hydrogen (secondary N) is 1. The molecule has 1 aliphatic rings. The summed E-state index contributed by atoms with van der Waals surface area (Å²) in [6, 6.07) is 9.33. The normalized spacial score (nSPS) is 18.5. The lowest BCUT2D eigenvalue weighted by atomic mass is 10.0. The summed E-state index contributed by atoms with van der Waals surface area (Å²) in [6.45, 7) is 1.25. The summed E-state index contributed by atoms with van der Waals surface area (Å²) in [4.78, 5) is 14.5. The van der Waals surface area contributed by atoms with E-state index in [-0.39, 0.29) is 11.9 Å². The Morgan fingerprint density at radius 3 is 3.00 bits per heavy atom. The number of hydrogen-bond donors (Lipinski definition) is 2. The van der Waals surface area contributed by atoms with Gasteiger partial charge in [-0.3, -0.25) is 9.89 Å². The molecule has 1 aliphatic heterocycles. The van der Waals surface area contributed by atoms with Crippen molar-refractivity contribution in [2.45, 2.75) is 25.3 Å². The van der Waals surface area contributed by atoms with Gasteiger partial charge >= 0.3 is 0 Å². The van der Waals surface area contributed by atoms with Crippen LogP contribution in [0.4, 0.5) is 0 Å². The van der Waals surface area contributed by atoms with Crippen LogP contribution < -0.4 is 5.73 Å². The van der Waals surface area contributed by atoms with Crippen molar-refractivity contribution in [1.82, 2.24) is 15.1 Å². The predicted octanol–water partition coefficient (Wildman–Crippen LogP) is 2.68. The molecule has 6 heteroatoms. The predicted molar refractivity (Wildman–Crippen MR) is 86.8 cm³/mol. The molecule has 0 radical (unpaired) electrons. The Kier molecular flexibility index (Phi) is 4.45. The van der Waals surface area contributed by atoms with Gasteiger partial charge in [0, 0.05) is 24.7 Å². The number of carbonyl (C=O) groups excluding carboxylic acids is 1. The monoisotopic (exact) mass is 318 g/mol. The summed E-state index contributed by atoms with van der Waals surface area (Å²) in [5, 5.41) is 7.67. The summed E-state index contributed by atoms with van der Waals surface area (Å²) < 4.78 is 0.